The maximum absolute atomic E-state index is 12.7. The zero-order valence-corrected chi connectivity index (χ0v) is 18.3. The van der Waals surface area contributed by atoms with Gasteiger partial charge in [0.15, 0.2) is 5.13 Å². The molecule has 2 aromatic heterocycles. The highest BCUT2D eigenvalue weighted by Gasteiger charge is 2.38. The monoisotopic (exact) mass is 422 g/mol. The number of amides is 3. The van der Waals surface area contributed by atoms with Gasteiger partial charge < -0.3 is 16.0 Å². The van der Waals surface area contributed by atoms with Crippen LogP contribution in [0.1, 0.15) is 37.9 Å². The van der Waals surface area contributed by atoms with Crippen molar-refractivity contribution in [3.8, 4) is 10.6 Å². The average Bonchev–Trinajstić information content (AvgIpc) is 3.31. The molecule has 0 radical (unpaired) electrons. The fraction of sp³-hybridized carbons (Fsp3) is 0.556. The fourth-order valence-electron chi connectivity index (χ4n) is 3.11. The van der Waals surface area contributed by atoms with Crippen molar-refractivity contribution < 1.29 is 9.59 Å². The molecule has 1 aliphatic rings. The van der Waals surface area contributed by atoms with E-state index in [1.54, 1.807) is 18.4 Å². The predicted molar refractivity (Wildman–Crippen MR) is 113 cm³/mol. The maximum atomic E-state index is 12.7. The van der Waals surface area contributed by atoms with Crippen LogP contribution in [0.3, 0.4) is 0 Å². The quantitative estimate of drug-likeness (QED) is 0.701. The Morgan fingerprint density at radius 2 is 2.04 bits per heavy atom. The second-order valence-electron chi connectivity index (χ2n) is 7.94. The molecule has 0 saturated carbocycles. The third-order valence-electron chi connectivity index (χ3n) is 4.69. The van der Waals surface area contributed by atoms with Crippen LogP contribution in [0.15, 0.2) is 5.38 Å². The summed E-state index contributed by atoms with van der Waals surface area (Å²) in [4.78, 5) is 36.0. The largest absolute Gasteiger partial charge is 0.368 e. The average molecular weight is 423 g/mol. The molecule has 3 heterocycles. The fourth-order valence-corrected chi connectivity index (χ4v) is 5.00. The zero-order chi connectivity index (χ0) is 20.6. The van der Waals surface area contributed by atoms with Crippen LogP contribution in [-0.4, -0.2) is 52.5 Å². The van der Waals surface area contributed by atoms with Crippen molar-refractivity contribution in [2.75, 3.05) is 18.9 Å². The number of aryl methyl sites for hydroxylation is 1. The molecular weight excluding hydrogens is 396 g/mol. The lowest BCUT2D eigenvalue weighted by Gasteiger charge is -2.21. The second kappa shape index (κ2) is 7.76. The van der Waals surface area contributed by atoms with Gasteiger partial charge in [-0.15, -0.1) is 11.3 Å². The summed E-state index contributed by atoms with van der Waals surface area (Å²) in [5, 5.41) is 9.48. The maximum Gasteiger partial charge on any atom is 0.324 e. The van der Waals surface area contributed by atoms with Gasteiger partial charge in [-0.3, -0.25) is 10.1 Å². The molecule has 28 heavy (non-hydrogen) atoms. The number of aromatic nitrogens is 2. The number of likely N-dealkylation sites (N-methyl/N-ethyl adjacent to an activating group) is 1. The van der Waals surface area contributed by atoms with Gasteiger partial charge in [0, 0.05) is 23.4 Å². The molecule has 3 amide bonds. The lowest BCUT2D eigenvalue weighted by molar-refractivity contribution is -0.121. The number of rotatable bonds is 4. The third kappa shape index (κ3) is 4.18. The molecule has 0 bridgehead atoms. The second-order valence-corrected chi connectivity index (χ2v) is 9.80. The Morgan fingerprint density at radius 3 is 2.61 bits per heavy atom. The van der Waals surface area contributed by atoms with Crippen LogP contribution in [0.5, 0.6) is 0 Å². The van der Waals surface area contributed by atoms with Gasteiger partial charge in [-0.2, -0.15) is 0 Å². The number of urea groups is 1. The summed E-state index contributed by atoms with van der Waals surface area (Å²) in [5.74, 6) is -0.499. The third-order valence-corrected chi connectivity index (χ3v) is 7.05. The Kier molecular flexibility index (Phi) is 5.74. The van der Waals surface area contributed by atoms with Crippen molar-refractivity contribution in [1.82, 2.24) is 20.2 Å². The van der Waals surface area contributed by atoms with Crippen LogP contribution in [0.25, 0.3) is 10.6 Å². The van der Waals surface area contributed by atoms with Crippen LogP contribution >= 0.6 is 22.7 Å². The first-order chi connectivity index (χ1) is 13.1. The van der Waals surface area contributed by atoms with Gasteiger partial charge in [-0.05, 0) is 20.4 Å². The summed E-state index contributed by atoms with van der Waals surface area (Å²) in [6.07, 6.45) is 0.510. The SMILES string of the molecule is CN[C@H]1C[C@@H](C(N)=O)N(C(=O)Nc2nc(C)c(-c3csc(C(C)(C)C)n3)s2)C1. The van der Waals surface area contributed by atoms with E-state index in [-0.39, 0.29) is 17.5 Å². The molecule has 0 unspecified atom stereocenters. The number of nitrogens with two attached hydrogens (primary N) is 1. The number of nitrogens with zero attached hydrogens (tertiary/aromatic N) is 3. The van der Waals surface area contributed by atoms with Crippen molar-refractivity contribution in [3.05, 3.63) is 16.1 Å². The summed E-state index contributed by atoms with van der Waals surface area (Å²) in [7, 11) is 1.81. The van der Waals surface area contributed by atoms with Crippen molar-refractivity contribution in [2.45, 2.75) is 51.6 Å². The highest BCUT2D eigenvalue weighted by Crippen LogP contribution is 2.36. The van der Waals surface area contributed by atoms with E-state index in [0.717, 1.165) is 21.3 Å². The summed E-state index contributed by atoms with van der Waals surface area (Å²) in [6.45, 7) is 8.71. The van der Waals surface area contributed by atoms with Gasteiger partial charge in [-0.25, -0.2) is 14.8 Å². The lowest BCUT2D eigenvalue weighted by atomic mass is 9.98. The molecule has 10 heteroatoms. The van der Waals surface area contributed by atoms with E-state index in [0.29, 0.717) is 18.1 Å². The molecule has 0 aliphatic carbocycles. The Balaban J connectivity index is 1.77. The van der Waals surface area contributed by atoms with E-state index in [2.05, 4.69) is 36.4 Å². The molecule has 4 N–H and O–H groups in total. The first-order valence-corrected chi connectivity index (χ1v) is 10.8. The van der Waals surface area contributed by atoms with Crippen molar-refractivity contribution >= 4 is 39.7 Å². The topological polar surface area (TPSA) is 113 Å². The standard InChI is InChI=1S/C18H26N6O2S2/c1-9-13(11-8-27-15(22-11)18(2,3)4)28-16(21-9)23-17(26)24-7-10(20-5)6-12(24)14(19)25/h8,10,12,20H,6-7H2,1-5H3,(H2,19,25)(H,21,23,26)/t10-,12-/m0/s1. The minimum atomic E-state index is -0.620. The van der Waals surface area contributed by atoms with Gasteiger partial charge in [0.1, 0.15) is 6.04 Å². The van der Waals surface area contributed by atoms with Gasteiger partial charge in [0.2, 0.25) is 5.91 Å². The summed E-state index contributed by atoms with van der Waals surface area (Å²) < 4.78 is 0. The van der Waals surface area contributed by atoms with E-state index < -0.39 is 11.9 Å². The van der Waals surface area contributed by atoms with Crippen LogP contribution in [-0.2, 0) is 10.2 Å². The Hall–Kier alpha value is -2.04. The summed E-state index contributed by atoms with van der Waals surface area (Å²) >= 11 is 3.01. The number of likely N-dealkylation sites (tertiary alicyclic amines) is 1. The summed E-state index contributed by atoms with van der Waals surface area (Å²) in [6, 6.07) is -0.941. The normalized spacial score (nSPS) is 19.8. The lowest BCUT2D eigenvalue weighted by Crippen LogP contribution is -2.45. The van der Waals surface area contributed by atoms with Crippen LogP contribution in [0, 0.1) is 6.92 Å². The zero-order valence-electron chi connectivity index (χ0n) is 16.7. The Labute approximate surface area is 172 Å². The van der Waals surface area contributed by atoms with Gasteiger partial charge in [0.25, 0.3) is 0 Å². The number of nitrogens with one attached hydrogen (secondary N) is 2. The highest BCUT2D eigenvalue weighted by atomic mass is 32.1. The molecule has 3 rings (SSSR count). The molecule has 1 aliphatic heterocycles. The molecule has 2 atom stereocenters. The molecule has 8 nitrogen and oxygen atoms in total. The Morgan fingerprint density at radius 1 is 1.32 bits per heavy atom. The molecular formula is C18H26N6O2S2. The van der Waals surface area contributed by atoms with Gasteiger partial charge in [-0.1, -0.05) is 32.1 Å². The van der Waals surface area contributed by atoms with E-state index in [1.807, 2.05) is 12.3 Å². The molecule has 1 fully saturated rings. The van der Waals surface area contributed by atoms with Crippen LogP contribution in [0.2, 0.25) is 0 Å². The van der Waals surface area contributed by atoms with E-state index >= 15 is 0 Å². The number of primary amides is 1. The number of thiazole rings is 2. The first kappa shape index (κ1) is 20.7. The van der Waals surface area contributed by atoms with Crippen molar-refractivity contribution in [2.24, 2.45) is 5.73 Å². The summed E-state index contributed by atoms with van der Waals surface area (Å²) in [5.41, 5.74) is 7.14. The van der Waals surface area contributed by atoms with E-state index in [4.69, 9.17) is 10.7 Å². The van der Waals surface area contributed by atoms with Crippen LogP contribution < -0.4 is 16.4 Å². The number of hydrogen-bond acceptors (Lipinski definition) is 7. The molecule has 0 aromatic carbocycles. The predicted octanol–water partition coefficient (Wildman–Crippen LogP) is 2.55. The van der Waals surface area contributed by atoms with Gasteiger partial charge in [0.05, 0.1) is 21.3 Å². The number of carbonyl (C=O) groups is 2. The molecule has 1 saturated heterocycles. The molecule has 0 spiro atoms. The van der Waals surface area contributed by atoms with Crippen molar-refractivity contribution in [3.63, 3.8) is 0 Å². The minimum absolute atomic E-state index is 0.0120. The van der Waals surface area contributed by atoms with Gasteiger partial charge >= 0.3 is 6.03 Å². The van der Waals surface area contributed by atoms with Crippen molar-refractivity contribution in [1.29, 1.82) is 0 Å². The van der Waals surface area contributed by atoms with E-state index in [9.17, 15) is 9.59 Å². The highest BCUT2D eigenvalue weighted by molar-refractivity contribution is 7.19. The number of hydrogen-bond donors (Lipinski definition) is 3. The van der Waals surface area contributed by atoms with E-state index in [1.165, 1.54) is 16.2 Å². The smallest absolute Gasteiger partial charge is 0.324 e. The minimum Gasteiger partial charge on any atom is -0.368 e. The molecule has 2 aromatic rings. The first-order valence-electron chi connectivity index (χ1n) is 9.08. The number of anilines is 1. The molecule has 152 valence electrons. The van der Waals surface area contributed by atoms with Crippen LogP contribution in [0.4, 0.5) is 9.93 Å². The number of carbonyl (C=O) groups excluding carboxylic acids is 2. The Bertz CT molecular complexity index is 885.